The van der Waals surface area contributed by atoms with Crippen LogP contribution in [0.25, 0.3) is 0 Å². The first-order valence-electron chi connectivity index (χ1n) is 6.54. The molecule has 1 aromatic carbocycles. The number of halogens is 1. The molecule has 0 heterocycles. The number of nitrogens with two attached hydrogens (primary N) is 1. The minimum absolute atomic E-state index is 0. The first kappa shape index (κ1) is 16.5. The van der Waals surface area contributed by atoms with Crippen molar-refractivity contribution in [2.75, 3.05) is 11.9 Å². The molecule has 0 unspecified atom stereocenters. The normalized spacial score (nSPS) is 15.5. The fourth-order valence-corrected chi connectivity index (χ4v) is 2.01. The zero-order chi connectivity index (χ0) is 13.9. The lowest BCUT2D eigenvalue weighted by molar-refractivity contribution is -0.123. The molecule has 110 valence electrons. The topological polar surface area (TPSA) is 84.2 Å². The van der Waals surface area contributed by atoms with Gasteiger partial charge in [0.05, 0.1) is 5.54 Å². The Morgan fingerprint density at radius 1 is 1.25 bits per heavy atom. The van der Waals surface area contributed by atoms with Gasteiger partial charge in [-0.15, -0.1) is 12.4 Å². The van der Waals surface area contributed by atoms with Crippen LogP contribution >= 0.6 is 12.4 Å². The smallest absolute Gasteiger partial charge is 0.251 e. The van der Waals surface area contributed by atoms with E-state index in [2.05, 4.69) is 10.6 Å². The lowest BCUT2D eigenvalue weighted by atomic mass is 9.77. The van der Waals surface area contributed by atoms with Crippen LogP contribution in [0.3, 0.4) is 0 Å². The van der Waals surface area contributed by atoms with Crippen molar-refractivity contribution in [1.82, 2.24) is 5.32 Å². The highest BCUT2D eigenvalue weighted by Crippen LogP contribution is 2.30. The molecule has 1 aliphatic carbocycles. The van der Waals surface area contributed by atoms with E-state index in [1.807, 2.05) is 6.92 Å². The highest BCUT2D eigenvalue weighted by Gasteiger charge is 2.40. The van der Waals surface area contributed by atoms with Crippen LogP contribution in [-0.4, -0.2) is 23.9 Å². The van der Waals surface area contributed by atoms with Gasteiger partial charge in [-0.2, -0.15) is 0 Å². The monoisotopic (exact) mass is 297 g/mol. The third-order valence-corrected chi connectivity index (χ3v) is 3.44. The van der Waals surface area contributed by atoms with Crippen molar-refractivity contribution in [2.24, 2.45) is 5.73 Å². The number of carbonyl (C=O) groups excluding carboxylic acids is 2. The molecule has 1 fully saturated rings. The van der Waals surface area contributed by atoms with Gasteiger partial charge < -0.3 is 16.4 Å². The first-order valence-corrected chi connectivity index (χ1v) is 6.54. The first-order chi connectivity index (χ1) is 9.05. The van der Waals surface area contributed by atoms with Gasteiger partial charge in [-0.3, -0.25) is 9.59 Å². The highest BCUT2D eigenvalue weighted by molar-refractivity contribution is 5.99. The summed E-state index contributed by atoms with van der Waals surface area (Å²) < 4.78 is 0. The third kappa shape index (κ3) is 3.49. The Labute approximate surface area is 124 Å². The SMILES string of the molecule is CCNC(=O)c1ccc(NC(=O)C2(N)CCC2)cc1.Cl. The molecule has 0 radical (unpaired) electrons. The second-order valence-electron chi connectivity index (χ2n) is 4.90. The van der Waals surface area contributed by atoms with Crippen molar-refractivity contribution in [3.05, 3.63) is 29.8 Å². The Bertz CT molecular complexity index is 484. The van der Waals surface area contributed by atoms with Gasteiger partial charge in [-0.05, 0) is 50.5 Å². The number of anilines is 1. The van der Waals surface area contributed by atoms with Crippen molar-refractivity contribution < 1.29 is 9.59 Å². The van der Waals surface area contributed by atoms with E-state index < -0.39 is 5.54 Å². The molecule has 5 nitrogen and oxygen atoms in total. The van der Waals surface area contributed by atoms with E-state index in [0.717, 1.165) is 19.3 Å². The van der Waals surface area contributed by atoms with Crippen molar-refractivity contribution in [3.8, 4) is 0 Å². The molecule has 0 spiro atoms. The Morgan fingerprint density at radius 3 is 2.30 bits per heavy atom. The quantitative estimate of drug-likeness (QED) is 0.790. The van der Waals surface area contributed by atoms with Gasteiger partial charge in [-0.25, -0.2) is 0 Å². The maximum atomic E-state index is 11.9. The lowest BCUT2D eigenvalue weighted by Crippen LogP contribution is -2.56. The Kier molecular flexibility index (Phi) is 5.53. The zero-order valence-corrected chi connectivity index (χ0v) is 12.3. The second-order valence-corrected chi connectivity index (χ2v) is 4.90. The van der Waals surface area contributed by atoms with Gasteiger partial charge in [0.2, 0.25) is 5.91 Å². The zero-order valence-electron chi connectivity index (χ0n) is 11.4. The molecule has 1 aromatic rings. The molecule has 0 atom stereocenters. The minimum atomic E-state index is -0.710. The van der Waals surface area contributed by atoms with Crippen LogP contribution in [0.1, 0.15) is 36.5 Å². The molecule has 20 heavy (non-hydrogen) atoms. The third-order valence-electron chi connectivity index (χ3n) is 3.44. The fourth-order valence-electron chi connectivity index (χ4n) is 2.01. The van der Waals surface area contributed by atoms with Crippen LogP contribution in [0, 0.1) is 0 Å². The van der Waals surface area contributed by atoms with Crippen LogP contribution in [0.15, 0.2) is 24.3 Å². The van der Waals surface area contributed by atoms with Crippen LogP contribution < -0.4 is 16.4 Å². The van der Waals surface area contributed by atoms with Gasteiger partial charge in [0, 0.05) is 17.8 Å². The Hall–Kier alpha value is -1.59. The lowest BCUT2D eigenvalue weighted by Gasteiger charge is -2.36. The molecule has 0 aromatic heterocycles. The molecule has 4 N–H and O–H groups in total. The summed E-state index contributed by atoms with van der Waals surface area (Å²) in [7, 11) is 0. The molecular formula is C14H20ClN3O2. The van der Waals surface area contributed by atoms with Crippen molar-refractivity contribution in [2.45, 2.75) is 31.7 Å². The molecule has 2 amide bonds. The number of carbonyl (C=O) groups is 2. The molecular weight excluding hydrogens is 278 g/mol. The molecule has 2 rings (SSSR count). The average Bonchev–Trinajstić information content (AvgIpc) is 2.37. The highest BCUT2D eigenvalue weighted by atomic mass is 35.5. The number of nitrogens with one attached hydrogen (secondary N) is 2. The summed E-state index contributed by atoms with van der Waals surface area (Å²) in [6.07, 6.45) is 2.46. The fraction of sp³-hybridized carbons (Fsp3) is 0.429. The summed E-state index contributed by atoms with van der Waals surface area (Å²) >= 11 is 0. The van der Waals surface area contributed by atoms with Gasteiger partial charge in [0.25, 0.3) is 5.91 Å². The summed E-state index contributed by atoms with van der Waals surface area (Å²) in [4.78, 5) is 23.5. The van der Waals surface area contributed by atoms with E-state index in [4.69, 9.17) is 5.73 Å². The van der Waals surface area contributed by atoms with Crippen LogP contribution in [0.4, 0.5) is 5.69 Å². The van der Waals surface area contributed by atoms with E-state index in [9.17, 15) is 9.59 Å². The molecule has 0 aliphatic heterocycles. The van der Waals surface area contributed by atoms with Crippen molar-refractivity contribution in [1.29, 1.82) is 0 Å². The Morgan fingerprint density at radius 2 is 1.85 bits per heavy atom. The second kappa shape index (κ2) is 6.72. The molecule has 0 saturated heterocycles. The Balaban J connectivity index is 0.00000200. The molecule has 6 heteroatoms. The summed E-state index contributed by atoms with van der Waals surface area (Å²) in [6.45, 7) is 2.46. The number of hydrogen-bond acceptors (Lipinski definition) is 3. The molecule has 0 bridgehead atoms. The van der Waals surface area contributed by atoms with Crippen LogP contribution in [-0.2, 0) is 4.79 Å². The number of hydrogen-bond donors (Lipinski definition) is 3. The summed E-state index contributed by atoms with van der Waals surface area (Å²) in [5.74, 6) is -0.265. The standard InChI is InChI=1S/C14H19N3O2.ClH/c1-2-16-12(18)10-4-6-11(7-5-10)17-13(19)14(15)8-3-9-14;/h4-7H,2-3,8-9,15H2,1H3,(H,16,18)(H,17,19);1H. The number of benzene rings is 1. The summed E-state index contributed by atoms with van der Waals surface area (Å²) in [6, 6.07) is 6.80. The molecule has 1 aliphatic rings. The van der Waals surface area contributed by atoms with Gasteiger partial charge in [0.15, 0.2) is 0 Å². The minimum Gasteiger partial charge on any atom is -0.352 e. The van der Waals surface area contributed by atoms with E-state index in [1.54, 1.807) is 24.3 Å². The summed E-state index contributed by atoms with van der Waals surface area (Å²) in [5, 5.41) is 5.51. The van der Waals surface area contributed by atoms with Crippen LogP contribution in [0.5, 0.6) is 0 Å². The number of rotatable bonds is 4. The maximum absolute atomic E-state index is 11.9. The number of amides is 2. The van der Waals surface area contributed by atoms with Crippen LogP contribution in [0.2, 0.25) is 0 Å². The predicted octanol–water partition coefficient (Wildman–Crippen LogP) is 1.68. The largest absolute Gasteiger partial charge is 0.352 e. The van der Waals surface area contributed by atoms with Gasteiger partial charge >= 0.3 is 0 Å². The van der Waals surface area contributed by atoms with Crippen molar-refractivity contribution in [3.63, 3.8) is 0 Å². The van der Waals surface area contributed by atoms with E-state index >= 15 is 0 Å². The molecule has 1 saturated carbocycles. The maximum Gasteiger partial charge on any atom is 0.251 e. The van der Waals surface area contributed by atoms with Crippen molar-refractivity contribution >= 4 is 29.9 Å². The average molecular weight is 298 g/mol. The summed E-state index contributed by atoms with van der Waals surface area (Å²) in [5.41, 5.74) is 6.46. The van der Waals surface area contributed by atoms with Gasteiger partial charge in [0.1, 0.15) is 0 Å². The van der Waals surface area contributed by atoms with E-state index in [0.29, 0.717) is 17.8 Å². The van der Waals surface area contributed by atoms with E-state index in [-0.39, 0.29) is 24.2 Å². The predicted molar refractivity (Wildman–Crippen MR) is 81.1 cm³/mol. The van der Waals surface area contributed by atoms with E-state index in [1.165, 1.54) is 0 Å². The van der Waals surface area contributed by atoms with Gasteiger partial charge in [-0.1, -0.05) is 0 Å².